The van der Waals surface area contributed by atoms with Crippen molar-refractivity contribution in [3.05, 3.63) is 29.3 Å². The van der Waals surface area contributed by atoms with E-state index in [2.05, 4.69) is 5.32 Å². The van der Waals surface area contributed by atoms with Crippen molar-refractivity contribution in [3.8, 4) is 0 Å². The molecule has 1 atom stereocenters. The number of benzene rings is 1. The van der Waals surface area contributed by atoms with E-state index in [0.717, 1.165) is 6.07 Å². The quantitative estimate of drug-likeness (QED) is 0.865. The van der Waals surface area contributed by atoms with Gasteiger partial charge in [-0.05, 0) is 31.0 Å². The van der Waals surface area contributed by atoms with E-state index in [9.17, 15) is 18.0 Å². The molecule has 0 fully saturated rings. The molecule has 1 aliphatic rings. The molecule has 1 aromatic rings. The molecule has 92 valence electrons. The average molecular weight is 243 g/mol. The Balaban J connectivity index is 2.29. The van der Waals surface area contributed by atoms with Crippen LogP contribution in [0.5, 0.6) is 0 Å². The molecule has 0 aliphatic carbocycles. The maximum absolute atomic E-state index is 12.7. The summed E-state index contributed by atoms with van der Waals surface area (Å²) in [6.07, 6.45) is -3.82. The fraction of sp³-hybridized carbons (Fsp3) is 0.417. The Morgan fingerprint density at radius 2 is 2.18 bits per heavy atom. The molecular formula is C12H12F3NO. The van der Waals surface area contributed by atoms with E-state index >= 15 is 0 Å². The van der Waals surface area contributed by atoms with E-state index in [4.69, 9.17) is 0 Å². The highest BCUT2D eigenvalue weighted by atomic mass is 19.4. The van der Waals surface area contributed by atoms with Gasteiger partial charge in [0.2, 0.25) is 0 Å². The summed E-state index contributed by atoms with van der Waals surface area (Å²) in [5, 5.41) is 2.96. The molecule has 0 spiro atoms. The standard InChI is InChI=1S/C12H12F3NO/c1-7(17)5-8-6-9-10(12(13,14)15)3-2-4-11(9)16-8/h2-4,8,16H,5-6H2,1H3. The van der Waals surface area contributed by atoms with Gasteiger partial charge in [-0.25, -0.2) is 0 Å². The minimum Gasteiger partial charge on any atom is -0.381 e. The van der Waals surface area contributed by atoms with Gasteiger partial charge >= 0.3 is 6.18 Å². The Hall–Kier alpha value is -1.52. The normalized spacial score (nSPS) is 18.7. The van der Waals surface area contributed by atoms with E-state index in [0.29, 0.717) is 5.69 Å². The van der Waals surface area contributed by atoms with Gasteiger partial charge in [0.05, 0.1) is 5.56 Å². The highest BCUT2D eigenvalue weighted by Gasteiger charge is 2.36. The minimum atomic E-state index is -4.34. The van der Waals surface area contributed by atoms with Crippen molar-refractivity contribution >= 4 is 11.5 Å². The lowest BCUT2D eigenvalue weighted by atomic mass is 10.0. The lowest BCUT2D eigenvalue weighted by Crippen LogP contribution is -2.18. The second-order valence-electron chi connectivity index (χ2n) is 4.28. The lowest BCUT2D eigenvalue weighted by Gasteiger charge is -2.10. The Morgan fingerprint density at radius 1 is 1.47 bits per heavy atom. The first-order valence-corrected chi connectivity index (χ1v) is 5.33. The number of ketones is 1. The number of anilines is 1. The molecule has 5 heteroatoms. The van der Waals surface area contributed by atoms with Gasteiger partial charge in [-0.15, -0.1) is 0 Å². The zero-order chi connectivity index (χ0) is 12.6. The van der Waals surface area contributed by atoms with Gasteiger partial charge < -0.3 is 5.32 Å². The van der Waals surface area contributed by atoms with Gasteiger partial charge in [0.25, 0.3) is 0 Å². The minimum absolute atomic E-state index is 0.0242. The largest absolute Gasteiger partial charge is 0.416 e. The Kier molecular flexibility index (Phi) is 2.85. The smallest absolute Gasteiger partial charge is 0.381 e. The SMILES string of the molecule is CC(=O)CC1Cc2c(cccc2C(F)(F)F)N1. The van der Waals surface area contributed by atoms with Crippen molar-refractivity contribution in [2.75, 3.05) is 5.32 Å². The molecule has 0 bridgehead atoms. The van der Waals surface area contributed by atoms with Gasteiger partial charge in [-0.3, -0.25) is 4.79 Å². The number of hydrogen-bond acceptors (Lipinski definition) is 2. The molecule has 0 saturated carbocycles. The number of carbonyl (C=O) groups excluding carboxylic acids is 1. The summed E-state index contributed by atoms with van der Waals surface area (Å²) in [7, 11) is 0. The average Bonchev–Trinajstić information content (AvgIpc) is 2.55. The molecule has 1 heterocycles. The first-order chi connectivity index (χ1) is 7.88. The summed E-state index contributed by atoms with van der Waals surface area (Å²) < 4.78 is 38.2. The first-order valence-electron chi connectivity index (χ1n) is 5.33. The predicted molar refractivity (Wildman–Crippen MR) is 57.9 cm³/mol. The summed E-state index contributed by atoms with van der Waals surface area (Å²) in [5.74, 6) is -0.0242. The first kappa shape index (κ1) is 12.0. The molecule has 1 aliphatic heterocycles. The Labute approximate surface area is 96.8 Å². The molecule has 2 rings (SSSR count). The van der Waals surface area contributed by atoms with Crippen molar-refractivity contribution in [1.82, 2.24) is 0 Å². The van der Waals surface area contributed by atoms with Gasteiger partial charge in [0.1, 0.15) is 5.78 Å². The molecule has 1 N–H and O–H groups in total. The van der Waals surface area contributed by atoms with Crippen LogP contribution in [0.4, 0.5) is 18.9 Å². The third-order valence-corrected chi connectivity index (χ3v) is 2.83. The fourth-order valence-electron chi connectivity index (χ4n) is 2.20. The molecule has 0 aromatic heterocycles. The van der Waals surface area contributed by atoms with Crippen LogP contribution in [0.2, 0.25) is 0 Å². The van der Waals surface area contributed by atoms with Crippen molar-refractivity contribution in [1.29, 1.82) is 0 Å². The third-order valence-electron chi connectivity index (χ3n) is 2.83. The van der Waals surface area contributed by atoms with Gasteiger partial charge in [0.15, 0.2) is 0 Å². The third kappa shape index (κ3) is 2.43. The Morgan fingerprint density at radius 3 is 2.76 bits per heavy atom. The lowest BCUT2D eigenvalue weighted by molar-refractivity contribution is -0.138. The van der Waals surface area contributed by atoms with E-state index < -0.39 is 11.7 Å². The Bertz CT molecular complexity index is 454. The highest BCUT2D eigenvalue weighted by molar-refractivity contribution is 5.77. The maximum Gasteiger partial charge on any atom is 0.416 e. The molecule has 0 amide bonds. The number of carbonyl (C=O) groups is 1. The monoisotopic (exact) mass is 243 g/mol. The fourth-order valence-corrected chi connectivity index (χ4v) is 2.20. The summed E-state index contributed by atoms with van der Waals surface area (Å²) in [6, 6.07) is 3.86. The second-order valence-corrected chi connectivity index (χ2v) is 4.28. The topological polar surface area (TPSA) is 29.1 Å². The zero-order valence-corrected chi connectivity index (χ0v) is 9.27. The van der Waals surface area contributed by atoms with E-state index in [1.165, 1.54) is 13.0 Å². The van der Waals surface area contributed by atoms with E-state index in [1.54, 1.807) is 6.07 Å². The van der Waals surface area contributed by atoms with Crippen LogP contribution < -0.4 is 5.32 Å². The van der Waals surface area contributed by atoms with Crippen molar-refractivity contribution < 1.29 is 18.0 Å². The van der Waals surface area contributed by atoms with Gasteiger partial charge in [-0.2, -0.15) is 13.2 Å². The highest BCUT2D eigenvalue weighted by Crippen LogP contribution is 2.39. The molecule has 0 radical (unpaired) electrons. The number of rotatable bonds is 2. The molecule has 1 aromatic carbocycles. The number of Topliss-reactive ketones (excluding diaryl/α,β-unsaturated/α-hetero) is 1. The summed E-state index contributed by atoms with van der Waals surface area (Å²) in [4.78, 5) is 11.0. The number of nitrogens with one attached hydrogen (secondary N) is 1. The van der Waals surface area contributed by atoms with Crippen LogP contribution in [0.1, 0.15) is 24.5 Å². The maximum atomic E-state index is 12.7. The van der Waals surface area contributed by atoms with Crippen LogP contribution in [-0.4, -0.2) is 11.8 Å². The molecule has 17 heavy (non-hydrogen) atoms. The van der Waals surface area contributed by atoms with E-state index in [1.807, 2.05) is 0 Å². The van der Waals surface area contributed by atoms with Crippen LogP contribution in [-0.2, 0) is 17.4 Å². The number of fused-ring (bicyclic) bond motifs is 1. The van der Waals surface area contributed by atoms with Crippen molar-refractivity contribution in [3.63, 3.8) is 0 Å². The van der Waals surface area contributed by atoms with Crippen molar-refractivity contribution in [2.45, 2.75) is 32.0 Å². The van der Waals surface area contributed by atoms with Gasteiger partial charge in [-0.1, -0.05) is 6.07 Å². The van der Waals surface area contributed by atoms with Crippen LogP contribution in [0.15, 0.2) is 18.2 Å². The van der Waals surface area contributed by atoms with E-state index in [-0.39, 0.29) is 30.2 Å². The molecule has 0 saturated heterocycles. The predicted octanol–water partition coefficient (Wildman–Crippen LogP) is 3.02. The number of halogens is 3. The number of hydrogen-bond donors (Lipinski definition) is 1. The number of alkyl halides is 3. The molecular weight excluding hydrogens is 231 g/mol. The summed E-state index contributed by atoms with van der Waals surface area (Å²) >= 11 is 0. The van der Waals surface area contributed by atoms with Crippen molar-refractivity contribution in [2.24, 2.45) is 0 Å². The van der Waals surface area contributed by atoms with Crippen LogP contribution in [0.25, 0.3) is 0 Å². The zero-order valence-electron chi connectivity index (χ0n) is 9.27. The van der Waals surface area contributed by atoms with Gasteiger partial charge in [0, 0.05) is 18.2 Å². The molecule has 2 nitrogen and oxygen atoms in total. The summed E-state index contributed by atoms with van der Waals surface area (Å²) in [5.41, 5.74) is 0.158. The second kappa shape index (κ2) is 4.05. The van der Waals surface area contributed by atoms with Crippen LogP contribution in [0.3, 0.4) is 0 Å². The molecule has 1 unspecified atom stereocenters. The van der Waals surface area contributed by atoms with Crippen LogP contribution >= 0.6 is 0 Å². The summed E-state index contributed by atoms with van der Waals surface area (Å²) in [6.45, 7) is 1.44. The van der Waals surface area contributed by atoms with Crippen LogP contribution in [0, 0.1) is 0 Å².